The average molecular weight is 340 g/mol. The lowest BCUT2D eigenvalue weighted by molar-refractivity contribution is -0.123. The van der Waals surface area contributed by atoms with Crippen LogP contribution < -0.4 is 10.2 Å². The molecule has 0 aliphatic rings. The van der Waals surface area contributed by atoms with Crippen LogP contribution in [0.4, 0.5) is 0 Å². The van der Waals surface area contributed by atoms with Gasteiger partial charge in [0.25, 0.3) is 5.91 Å². The molecule has 2 N–H and O–H groups in total. The quantitative estimate of drug-likeness (QED) is 0.645. The van der Waals surface area contributed by atoms with Crippen LogP contribution in [0.15, 0.2) is 53.6 Å². The smallest absolute Gasteiger partial charge is 0.277 e. The second-order valence-corrected chi connectivity index (χ2v) is 6.81. The molecule has 0 spiro atoms. The zero-order valence-corrected chi connectivity index (χ0v) is 15.0. The molecule has 5 nitrogen and oxygen atoms in total. The number of carbonyl (C=O) groups excluding carboxylic acids is 1. The maximum atomic E-state index is 11.9. The van der Waals surface area contributed by atoms with E-state index in [4.69, 9.17) is 4.74 Å². The number of hydrogen-bond donors (Lipinski definition) is 2. The number of para-hydroxylation sites is 1. The molecule has 0 saturated carbocycles. The Bertz CT molecular complexity index is 759. The van der Waals surface area contributed by atoms with E-state index < -0.39 is 0 Å². The fraction of sp³-hybridized carbons (Fsp3) is 0.300. The Balaban J connectivity index is 1.88. The Morgan fingerprint density at radius 3 is 2.36 bits per heavy atom. The summed E-state index contributed by atoms with van der Waals surface area (Å²) in [5, 5.41) is 13.8. The normalized spacial score (nSPS) is 11.9. The van der Waals surface area contributed by atoms with Gasteiger partial charge in [-0.05, 0) is 42.2 Å². The van der Waals surface area contributed by atoms with Crippen molar-refractivity contribution in [2.24, 2.45) is 5.10 Å². The Morgan fingerprint density at radius 1 is 1.12 bits per heavy atom. The van der Waals surface area contributed by atoms with Crippen molar-refractivity contribution in [3.63, 3.8) is 0 Å². The van der Waals surface area contributed by atoms with Crippen LogP contribution in [0.25, 0.3) is 0 Å². The highest BCUT2D eigenvalue weighted by Crippen LogP contribution is 2.24. The van der Waals surface area contributed by atoms with Gasteiger partial charge in [-0.15, -0.1) is 0 Å². The molecular weight excluding hydrogens is 316 g/mol. The summed E-state index contributed by atoms with van der Waals surface area (Å²) in [4.78, 5) is 11.9. The molecule has 0 aliphatic heterocycles. The summed E-state index contributed by atoms with van der Waals surface area (Å²) < 4.78 is 5.47. The lowest BCUT2D eigenvalue weighted by Crippen LogP contribution is -2.25. The van der Waals surface area contributed by atoms with Gasteiger partial charge in [-0.2, -0.15) is 5.10 Å². The maximum absolute atomic E-state index is 11.9. The third-order valence-electron chi connectivity index (χ3n) is 3.73. The lowest BCUT2D eigenvalue weighted by Gasteiger charge is -2.19. The minimum Gasteiger partial charge on any atom is -0.507 e. The minimum absolute atomic E-state index is 0.0745. The first-order chi connectivity index (χ1) is 11.8. The Morgan fingerprint density at radius 2 is 1.76 bits per heavy atom. The van der Waals surface area contributed by atoms with Crippen molar-refractivity contribution >= 4 is 11.6 Å². The molecule has 0 radical (unpaired) electrons. The van der Waals surface area contributed by atoms with Gasteiger partial charge in [-0.25, -0.2) is 5.43 Å². The summed E-state index contributed by atoms with van der Waals surface area (Å²) >= 11 is 0. The number of rotatable bonds is 5. The van der Waals surface area contributed by atoms with Crippen molar-refractivity contribution in [1.82, 2.24) is 5.43 Å². The van der Waals surface area contributed by atoms with Crippen LogP contribution in [-0.2, 0) is 10.2 Å². The van der Waals surface area contributed by atoms with E-state index in [0.29, 0.717) is 17.0 Å². The summed E-state index contributed by atoms with van der Waals surface area (Å²) in [6, 6.07) is 14.5. The van der Waals surface area contributed by atoms with Gasteiger partial charge in [0.1, 0.15) is 11.5 Å². The molecule has 5 heteroatoms. The molecule has 0 fully saturated rings. The van der Waals surface area contributed by atoms with Crippen LogP contribution in [0.5, 0.6) is 11.5 Å². The minimum atomic E-state index is -0.366. The van der Waals surface area contributed by atoms with E-state index in [-0.39, 0.29) is 23.7 Å². The van der Waals surface area contributed by atoms with Crippen LogP contribution in [-0.4, -0.2) is 23.3 Å². The Kier molecular flexibility index (Phi) is 5.80. The van der Waals surface area contributed by atoms with E-state index in [1.54, 1.807) is 31.2 Å². The van der Waals surface area contributed by atoms with Gasteiger partial charge < -0.3 is 9.84 Å². The molecule has 0 atom stereocenters. The average Bonchev–Trinajstić information content (AvgIpc) is 2.58. The first-order valence-electron chi connectivity index (χ1n) is 8.12. The van der Waals surface area contributed by atoms with Gasteiger partial charge in [0.15, 0.2) is 6.61 Å². The second kappa shape index (κ2) is 7.83. The third kappa shape index (κ3) is 5.35. The maximum Gasteiger partial charge on any atom is 0.277 e. The van der Waals surface area contributed by atoms with E-state index in [0.717, 1.165) is 0 Å². The molecule has 132 valence electrons. The van der Waals surface area contributed by atoms with Gasteiger partial charge in [0, 0.05) is 5.56 Å². The zero-order chi connectivity index (χ0) is 18.4. The first-order valence-corrected chi connectivity index (χ1v) is 8.12. The van der Waals surface area contributed by atoms with Crippen LogP contribution in [0.2, 0.25) is 0 Å². The Hall–Kier alpha value is -2.82. The first kappa shape index (κ1) is 18.5. The van der Waals surface area contributed by atoms with Gasteiger partial charge in [0.2, 0.25) is 0 Å². The van der Waals surface area contributed by atoms with Crippen LogP contribution >= 0.6 is 0 Å². The summed E-state index contributed by atoms with van der Waals surface area (Å²) in [6.07, 6.45) is 0. The second-order valence-electron chi connectivity index (χ2n) is 6.81. The van der Waals surface area contributed by atoms with E-state index in [1.165, 1.54) is 5.56 Å². The van der Waals surface area contributed by atoms with Crippen molar-refractivity contribution in [3.8, 4) is 11.5 Å². The van der Waals surface area contributed by atoms with Gasteiger partial charge in [0.05, 0.1) is 5.71 Å². The van der Waals surface area contributed by atoms with Crippen molar-refractivity contribution in [3.05, 3.63) is 59.7 Å². The molecule has 0 bridgehead atoms. The highest BCUT2D eigenvalue weighted by Gasteiger charge is 2.13. The number of hydrazone groups is 1. The molecule has 0 aromatic heterocycles. The van der Waals surface area contributed by atoms with E-state index in [2.05, 4.69) is 31.3 Å². The van der Waals surface area contributed by atoms with Gasteiger partial charge in [-0.1, -0.05) is 45.0 Å². The highest BCUT2D eigenvalue weighted by molar-refractivity contribution is 6.01. The molecule has 2 aromatic rings. The number of amides is 1. The number of aromatic hydroxyl groups is 1. The molecule has 1 amide bonds. The summed E-state index contributed by atoms with van der Waals surface area (Å²) in [5.41, 5.74) is 4.79. The van der Waals surface area contributed by atoms with E-state index in [9.17, 15) is 9.90 Å². The van der Waals surface area contributed by atoms with Crippen molar-refractivity contribution < 1.29 is 14.6 Å². The Labute approximate surface area is 148 Å². The predicted octanol–water partition coefficient (Wildman–Crippen LogP) is 3.61. The molecule has 0 aliphatic carbocycles. The molecule has 2 aromatic carbocycles. The summed E-state index contributed by atoms with van der Waals surface area (Å²) in [6.45, 7) is 8.00. The van der Waals surface area contributed by atoms with Crippen LogP contribution in [0, 0.1) is 0 Å². The molecule has 25 heavy (non-hydrogen) atoms. The van der Waals surface area contributed by atoms with Crippen LogP contribution in [0.1, 0.15) is 38.8 Å². The number of carbonyl (C=O) groups is 1. The van der Waals surface area contributed by atoms with Crippen LogP contribution in [0.3, 0.4) is 0 Å². The van der Waals surface area contributed by atoms with Gasteiger partial charge in [-0.3, -0.25) is 4.79 Å². The largest absolute Gasteiger partial charge is 0.507 e. The molecular formula is C20H24N2O3. The van der Waals surface area contributed by atoms with E-state index >= 15 is 0 Å². The predicted molar refractivity (Wildman–Crippen MR) is 99.1 cm³/mol. The molecule has 0 unspecified atom stereocenters. The fourth-order valence-electron chi connectivity index (χ4n) is 2.22. The lowest BCUT2D eigenvalue weighted by atomic mass is 9.87. The molecule has 0 heterocycles. The van der Waals surface area contributed by atoms with Crippen molar-refractivity contribution in [1.29, 1.82) is 0 Å². The standard InChI is InChI=1S/C20H24N2O3/c1-14(17-7-5-6-8-18(17)23)21-22-19(24)13-25-16-11-9-15(10-12-16)20(2,3)4/h5-12,23H,13H2,1-4H3,(H,22,24)/b21-14-. The number of phenolic OH excluding ortho intramolecular Hbond substituents is 1. The van der Waals surface area contributed by atoms with Crippen molar-refractivity contribution in [2.75, 3.05) is 6.61 Å². The molecule has 0 saturated heterocycles. The fourth-order valence-corrected chi connectivity index (χ4v) is 2.22. The number of ether oxygens (including phenoxy) is 1. The molecule has 2 rings (SSSR count). The summed E-state index contributed by atoms with van der Waals surface area (Å²) in [7, 11) is 0. The zero-order valence-electron chi connectivity index (χ0n) is 15.0. The number of nitrogens with one attached hydrogen (secondary N) is 1. The number of benzene rings is 2. The number of nitrogens with zero attached hydrogens (tertiary/aromatic N) is 1. The number of phenols is 1. The van der Waals surface area contributed by atoms with Gasteiger partial charge >= 0.3 is 0 Å². The topological polar surface area (TPSA) is 70.9 Å². The van der Waals surface area contributed by atoms with E-state index in [1.807, 2.05) is 24.3 Å². The summed E-state index contributed by atoms with van der Waals surface area (Å²) in [5.74, 6) is 0.382. The van der Waals surface area contributed by atoms with Crippen molar-refractivity contribution in [2.45, 2.75) is 33.1 Å². The number of hydrogen-bond acceptors (Lipinski definition) is 4. The highest BCUT2D eigenvalue weighted by atomic mass is 16.5. The monoisotopic (exact) mass is 340 g/mol. The SMILES string of the molecule is C/C(=N/NC(=O)COc1ccc(C(C)(C)C)cc1)c1ccccc1O. The third-order valence-corrected chi connectivity index (χ3v) is 3.73.